The number of oxazole rings is 1. The molecule has 0 unspecified atom stereocenters. The van der Waals surface area contributed by atoms with E-state index in [2.05, 4.69) is 9.67 Å². The summed E-state index contributed by atoms with van der Waals surface area (Å²) < 4.78 is 12.3. The second kappa shape index (κ2) is 5.61. The van der Waals surface area contributed by atoms with Gasteiger partial charge in [-0.05, 0) is 24.8 Å². The summed E-state index contributed by atoms with van der Waals surface area (Å²) in [5, 5.41) is 4.81. The second-order valence-corrected chi connectivity index (χ2v) is 6.76. The van der Waals surface area contributed by atoms with E-state index < -0.39 is 0 Å². The highest BCUT2D eigenvalue weighted by molar-refractivity contribution is 5.94. The zero-order chi connectivity index (χ0) is 16.8. The first-order valence-corrected chi connectivity index (χ1v) is 8.58. The molecule has 1 aliphatic heterocycles. The van der Waals surface area contributed by atoms with Crippen LogP contribution in [0.4, 0.5) is 0 Å². The highest BCUT2D eigenvalue weighted by Crippen LogP contribution is 2.34. The number of hydrogen-bond donors (Lipinski definition) is 0. The van der Waals surface area contributed by atoms with E-state index in [0.717, 1.165) is 35.8 Å². The summed E-state index contributed by atoms with van der Waals surface area (Å²) in [6.07, 6.45) is 9.40. The van der Waals surface area contributed by atoms with Crippen LogP contribution >= 0.6 is 0 Å². The topological polar surface area (TPSA) is 77.3 Å². The molecule has 7 nitrogen and oxygen atoms in total. The van der Waals surface area contributed by atoms with Crippen LogP contribution in [-0.2, 0) is 19.5 Å². The Kier molecular flexibility index (Phi) is 3.26. The second-order valence-electron chi connectivity index (χ2n) is 6.76. The molecule has 3 aromatic heterocycles. The third-order valence-corrected chi connectivity index (χ3v) is 4.99. The van der Waals surface area contributed by atoms with Crippen molar-refractivity contribution in [2.24, 2.45) is 5.92 Å². The van der Waals surface area contributed by atoms with Crippen molar-refractivity contribution in [1.29, 1.82) is 0 Å². The van der Waals surface area contributed by atoms with Gasteiger partial charge in [-0.15, -0.1) is 0 Å². The maximum absolute atomic E-state index is 12.7. The average molecular weight is 338 g/mol. The number of carbonyl (C=O) groups excluding carboxylic acids is 1. The molecule has 0 N–H and O–H groups in total. The van der Waals surface area contributed by atoms with Crippen LogP contribution < -0.4 is 0 Å². The normalized spacial score (nSPS) is 16.9. The summed E-state index contributed by atoms with van der Waals surface area (Å²) in [4.78, 5) is 18.8. The molecular weight excluding hydrogens is 320 g/mol. The largest absolute Gasteiger partial charge is 0.472 e. The lowest BCUT2D eigenvalue weighted by Crippen LogP contribution is -2.36. The minimum atomic E-state index is -0.0135. The third kappa shape index (κ3) is 2.56. The number of rotatable bonds is 4. The maximum atomic E-state index is 12.7. The standard InChI is InChI=1S/C18H18N4O3/c23-18(13-4-6-24-9-13)21-5-3-16-14(8-21)17(15-10-25-11-19-15)20-22(16)7-12-1-2-12/h4,6,9-12H,1-3,5,7-8H2. The molecule has 25 heavy (non-hydrogen) atoms. The molecule has 128 valence electrons. The fourth-order valence-electron chi connectivity index (χ4n) is 3.46. The summed E-state index contributed by atoms with van der Waals surface area (Å²) >= 11 is 0. The van der Waals surface area contributed by atoms with Crippen molar-refractivity contribution >= 4 is 5.91 Å². The van der Waals surface area contributed by atoms with Crippen molar-refractivity contribution in [3.8, 4) is 11.4 Å². The lowest BCUT2D eigenvalue weighted by Gasteiger charge is -2.27. The molecule has 0 radical (unpaired) electrons. The smallest absolute Gasteiger partial charge is 0.257 e. The number of nitrogens with zero attached hydrogens (tertiary/aromatic N) is 4. The van der Waals surface area contributed by atoms with Crippen LogP contribution in [0.3, 0.4) is 0 Å². The van der Waals surface area contributed by atoms with E-state index in [1.54, 1.807) is 12.3 Å². The molecule has 0 bridgehead atoms. The molecule has 2 aliphatic rings. The van der Waals surface area contributed by atoms with Crippen molar-refractivity contribution in [2.45, 2.75) is 32.4 Å². The Bertz CT molecular complexity index is 891. The van der Waals surface area contributed by atoms with Gasteiger partial charge < -0.3 is 13.7 Å². The van der Waals surface area contributed by atoms with E-state index in [1.807, 2.05) is 4.90 Å². The molecule has 0 aromatic carbocycles. The summed E-state index contributed by atoms with van der Waals surface area (Å²) in [5.41, 5.74) is 4.44. The van der Waals surface area contributed by atoms with E-state index in [4.69, 9.17) is 13.9 Å². The molecule has 1 fully saturated rings. The van der Waals surface area contributed by atoms with Crippen LogP contribution in [0.25, 0.3) is 11.4 Å². The predicted octanol–water partition coefficient (Wildman–Crippen LogP) is 2.74. The lowest BCUT2D eigenvalue weighted by molar-refractivity contribution is 0.0732. The monoisotopic (exact) mass is 338 g/mol. The van der Waals surface area contributed by atoms with Gasteiger partial charge in [0.2, 0.25) is 0 Å². The molecule has 3 aromatic rings. The van der Waals surface area contributed by atoms with E-state index in [1.165, 1.54) is 37.5 Å². The Morgan fingerprint density at radius 1 is 1.28 bits per heavy atom. The Morgan fingerprint density at radius 3 is 2.92 bits per heavy atom. The molecule has 1 amide bonds. The van der Waals surface area contributed by atoms with E-state index >= 15 is 0 Å². The third-order valence-electron chi connectivity index (χ3n) is 4.99. The zero-order valence-corrected chi connectivity index (χ0v) is 13.7. The SMILES string of the molecule is O=C(c1ccoc1)N1CCc2c(c(-c3cocn3)nn2CC2CC2)C1. The van der Waals surface area contributed by atoms with Crippen molar-refractivity contribution in [3.63, 3.8) is 0 Å². The Balaban J connectivity index is 1.50. The van der Waals surface area contributed by atoms with Crippen LogP contribution in [-0.4, -0.2) is 32.1 Å². The van der Waals surface area contributed by atoms with Crippen molar-refractivity contribution in [3.05, 3.63) is 48.1 Å². The van der Waals surface area contributed by atoms with Crippen LogP contribution in [0.2, 0.25) is 0 Å². The summed E-state index contributed by atoms with van der Waals surface area (Å²) in [7, 11) is 0. The number of carbonyl (C=O) groups is 1. The van der Waals surface area contributed by atoms with Gasteiger partial charge in [0.1, 0.15) is 23.9 Å². The molecule has 0 saturated heterocycles. The van der Waals surface area contributed by atoms with Gasteiger partial charge in [0, 0.05) is 30.8 Å². The van der Waals surface area contributed by atoms with Crippen molar-refractivity contribution in [2.75, 3.05) is 6.54 Å². The van der Waals surface area contributed by atoms with Crippen molar-refractivity contribution in [1.82, 2.24) is 19.7 Å². The van der Waals surface area contributed by atoms with Gasteiger partial charge in [-0.3, -0.25) is 9.48 Å². The molecular formula is C18H18N4O3. The van der Waals surface area contributed by atoms with E-state index in [0.29, 0.717) is 18.7 Å². The first kappa shape index (κ1) is 14.5. The van der Waals surface area contributed by atoms with Gasteiger partial charge in [-0.25, -0.2) is 4.98 Å². The van der Waals surface area contributed by atoms with E-state index in [9.17, 15) is 4.79 Å². The van der Waals surface area contributed by atoms with E-state index in [-0.39, 0.29) is 5.91 Å². The van der Waals surface area contributed by atoms with Crippen molar-refractivity contribution < 1.29 is 13.6 Å². The molecule has 0 atom stereocenters. The van der Waals surface area contributed by atoms with Crippen LogP contribution in [0, 0.1) is 5.92 Å². The maximum Gasteiger partial charge on any atom is 0.257 e. The molecule has 0 spiro atoms. The van der Waals surface area contributed by atoms with Crippen LogP contribution in [0.5, 0.6) is 0 Å². The summed E-state index contributed by atoms with van der Waals surface area (Å²) in [5.74, 6) is 0.722. The number of hydrogen-bond acceptors (Lipinski definition) is 5. The Morgan fingerprint density at radius 2 is 2.20 bits per heavy atom. The number of furan rings is 1. The van der Waals surface area contributed by atoms with Crippen LogP contribution in [0.15, 0.2) is 40.1 Å². The van der Waals surface area contributed by atoms with Crippen LogP contribution in [0.1, 0.15) is 34.5 Å². The fraction of sp³-hybridized carbons (Fsp3) is 0.389. The number of fused-ring (bicyclic) bond motifs is 1. The predicted molar refractivity (Wildman–Crippen MR) is 87.6 cm³/mol. The fourth-order valence-corrected chi connectivity index (χ4v) is 3.46. The first-order chi connectivity index (χ1) is 12.3. The minimum absolute atomic E-state index is 0.0135. The molecule has 5 rings (SSSR count). The zero-order valence-electron chi connectivity index (χ0n) is 13.7. The summed E-state index contributed by atoms with van der Waals surface area (Å²) in [6.45, 7) is 2.17. The number of aromatic nitrogens is 3. The molecule has 7 heteroatoms. The van der Waals surface area contributed by atoms with Gasteiger partial charge in [-0.1, -0.05) is 0 Å². The van der Waals surface area contributed by atoms with Gasteiger partial charge in [0.05, 0.1) is 18.4 Å². The Hall–Kier alpha value is -2.83. The summed E-state index contributed by atoms with van der Waals surface area (Å²) in [6, 6.07) is 1.70. The van der Waals surface area contributed by atoms with Gasteiger partial charge in [-0.2, -0.15) is 5.10 Å². The molecule has 4 heterocycles. The quantitative estimate of drug-likeness (QED) is 0.731. The highest BCUT2D eigenvalue weighted by Gasteiger charge is 2.31. The van der Waals surface area contributed by atoms with Gasteiger partial charge in [0.15, 0.2) is 6.39 Å². The Labute approximate surface area is 144 Å². The number of amides is 1. The molecule has 1 saturated carbocycles. The average Bonchev–Trinajstić information content (AvgIpc) is 3.08. The first-order valence-electron chi connectivity index (χ1n) is 8.58. The van der Waals surface area contributed by atoms with Gasteiger partial charge >= 0.3 is 0 Å². The minimum Gasteiger partial charge on any atom is -0.472 e. The van der Waals surface area contributed by atoms with Gasteiger partial charge in [0.25, 0.3) is 5.91 Å². The highest BCUT2D eigenvalue weighted by atomic mass is 16.3. The lowest BCUT2D eigenvalue weighted by atomic mass is 10.0. The molecule has 1 aliphatic carbocycles.